The van der Waals surface area contributed by atoms with Crippen LogP contribution in [0, 0.1) is 0 Å². The lowest BCUT2D eigenvalue weighted by Crippen LogP contribution is -1.96. The van der Waals surface area contributed by atoms with Crippen molar-refractivity contribution in [3.63, 3.8) is 0 Å². The second-order valence-electron chi connectivity index (χ2n) is 4.57. The molecule has 0 aliphatic heterocycles. The van der Waals surface area contributed by atoms with Crippen LogP contribution in [0.25, 0.3) is 11.1 Å². The van der Waals surface area contributed by atoms with E-state index in [0.29, 0.717) is 5.69 Å². The summed E-state index contributed by atoms with van der Waals surface area (Å²) in [6.45, 7) is 2.76. The highest BCUT2D eigenvalue weighted by Crippen LogP contribution is 2.30. The molecule has 0 heterocycles. The minimum atomic E-state index is -0.323. The van der Waals surface area contributed by atoms with Crippen molar-refractivity contribution >= 4 is 11.5 Å². The molecule has 0 radical (unpaired) electrons. The monoisotopic (exact) mass is 280 g/mol. The van der Waals surface area contributed by atoms with Crippen molar-refractivity contribution in [2.24, 2.45) is 10.2 Å². The number of carbonyl (C=O) groups is 1. The average molecular weight is 280 g/mol. The summed E-state index contributed by atoms with van der Waals surface area (Å²) < 4.78 is 0. The van der Waals surface area contributed by atoms with Crippen molar-refractivity contribution in [3.8, 4) is 11.1 Å². The number of hydrogen-bond acceptors (Lipinski definition) is 4. The number of ketones is 1. The normalized spacial score (nSPS) is 12.3. The number of rotatable bonds is 4. The van der Waals surface area contributed by atoms with Gasteiger partial charge in [-0.2, -0.15) is 0 Å². The predicted octanol–water partition coefficient (Wildman–Crippen LogP) is 4.82. The first kappa shape index (κ1) is 14.7. The Morgan fingerprint density at radius 2 is 1.57 bits per heavy atom. The number of nitrogens with zero attached hydrogens (tertiary/aromatic N) is 2. The molecule has 2 aromatic carbocycles. The SMILES string of the molecule is CC(=O)/C(N=Nc1ccccc1-c1ccccc1)=C(/C)O. The lowest BCUT2D eigenvalue weighted by Gasteiger charge is -2.05. The van der Waals surface area contributed by atoms with Gasteiger partial charge >= 0.3 is 0 Å². The van der Waals surface area contributed by atoms with Crippen LogP contribution in [-0.2, 0) is 4.79 Å². The molecule has 0 saturated carbocycles. The topological polar surface area (TPSA) is 62.0 Å². The number of aliphatic hydroxyl groups excluding tert-OH is 1. The minimum absolute atomic E-state index is 0.0298. The van der Waals surface area contributed by atoms with E-state index in [1.807, 2.05) is 54.6 Å². The van der Waals surface area contributed by atoms with Gasteiger partial charge in [0.2, 0.25) is 0 Å². The lowest BCUT2D eigenvalue weighted by molar-refractivity contribution is -0.113. The molecule has 0 bridgehead atoms. The van der Waals surface area contributed by atoms with Crippen molar-refractivity contribution in [3.05, 3.63) is 66.1 Å². The summed E-state index contributed by atoms with van der Waals surface area (Å²) in [7, 11) is 0. The summed E-state index contributed by atoms with van der Waals surface area (Å²) in [5.41, 5.74) is 2.54. The summed E-state index contributed by atoms with van der Waals surface area (Å²) in [5, 5.41) is 17.4. The van der Waals surface area contributed by atoms with Crippen molar-refractivity contribution < 1.29 is 9.90 Å². The van der Waals surface area contributed by atoms with Gasteiger partial charge in [-0.15, -0.1) is 10.2 Å². The van der Waals surface area contributed by atoms with E-state index in [1.54, 1.807) is 0 Å². The van der Waals surface area contributed by atoms with Gasteiger partial charge in [-0.05, 0) is 18.6 Å². The molecule has 0 aromatic heterocycles. The lowest BCUT2D eigenvalue weighted by atomic mass is 10.0. The highest BCUT2D eigenvalue weighted by Gasteiger charge is 2.08. The second-order valence-corrected chi connectivity index (χ2v) is 4.57. The molecule has 2 aromatic rings. The molecule has 4 nitrogen and oxygen atoms in total. The van der Waals surface area contributed by atoms with Crippen molar-refractivity contribution in [2.45, 2.75) is 13.8 Å². The molecule has 1 N–H and O–H groups in total. The van der Waals surface area contributed by atoms with Gasteiger partial charge in [-0.3, -0.25) is 4.79 Å². The van der Waals surface area contributed by atoms with E-state index in [4.69, 9.17) is 0 Å². The summed E-state index contributed by atoms with van der Waals surface area (Å²) in [5.74, 6) is -0.459. The van der Waals surface area contributed by atoms with E-state index < -0.39 is 0 Å². The highest BCUT2D eigenvalue weighted by atomic mass is 16.3. The number of allylic oxidation sites excluding steroid dienone is 2. The molecule has 0 atom stereocenters. The fraction of sp³-hybridized carbons (Fsp3) is 0.118. The van der Waals surface area contributed by atoms with Crippen LogP contribution in [0.1, 0.15) is 13.8 Å². The molecule has 0 aliphatic rings. The zero-order valence-electron chi connectivity index (χ0n) is 11.9. The standard InChI is InChI=1S/C17H16N2O2/c1-12(20)17(13(2)21)19-18-16-11-7-6-10-15(16)14-8-4-3-5-9-14/h3-11,20H,1-2H3/b17-12+,19-18?. The Labute approximate surface area is 123 Å². The molecule has 0 amide bonds. The van der Waals surface area contributed by atoms with Gasteiger partial charge in [-0.25, -0.2) is 0 Å². The third-order valence-electron chi connectivity index (χ3n) is 2.92. The number of benzene rings is 2. The fourth-order valence-electron chi connectivity index (χ4n) is 1.92. The Hall–Kier alpha value is -2.75. The van der Waals surface area contributed by atoms with Crippen LogP contribution in [0.3, 0.4) is 0 Å². The van der Waals surface area contributed by atoms with Gasteiger partial charge in [0.25, 0.3) is 0 Å². The number of aliphatic hydroxyl groups is 1. The molecule has 0 fully saturated rings. The van der Waals surface area contributed by atoms with Crippen LogP contribution in [0.5, 0.6) is 0 Å². The van der Waals surface area contributed by atoms with Gasteiger partial charge in [-0.1, -0.05) is 48.5 Å². The van der Waals surface area contributed by atoms with Crippen LogP contribution in [0.15, 0.2) is 76.3 Å². The minimum Gasteiger partial charge on any atom is -0.510 e. The second kappa shape index (κ2) is 6.61. The van der Waals surface area contributed by atoms with E-state index >= 15 is 0 Å². The van der Waals surface area contributed by atoms with E-state index in [9.17, 15) is 9.90 Å². The smallest absolute Gasteiger partial charge is 0.183 e. The Bertz CT molecular complexity index is 700. The first-order valence-corrected chi connectivity index (χ1v) is 6.56. The Morgan fingerprint density at radius 1 is 0.952 bits per heavy atom. The van der Waals surface area contributed by atoms with Crippen LogP contribution < -0.4 is 0 Å². The average Bonchev–Trinajstić information content (AvgIpc) is 2.48. The Balaban J connectivity index is 2.43. The molecular formula is C17H16N2O2. The number of Topliss-reactive ketones (excluding diaryl/α,β-unsaturated/α-hetero) is 1. The number of azo groups is 1. The molecule has 0 unspecified atom stereocenters. The zero-order valence-corrected chi connectivity index (χ0v) is 11.9. The van der Waals surface area contributed by atoms with Crippen LogP contribution in [0.4, 0.5) is 5.69 Å². The summed E-state index contributed by atoms with van der Waals surface area (Å²) in [4.78, 5) is 11.4. The maximum absolute atomic E-state index is 11.4. The van der Waals surface area contributed by atoms with E-state index in [0.717, 1.165) is 11.1 Å². The van der Waals surface area contributed by atoms with Crippen LogP contribution in [-0.4, -0.2) is 10.9 Å². The molecule has 4 heteroatoms. The van der Waals surface area contributed by atoms with Gasteiger partial charge < -0.3 is 5.11 Å². The zero-order chi connectivity index (χ0) is 15.2. The molecule has 2 rings (SSSR count). The van der Waals surface area contributed by atoms with E-state index in [2.05, 4.69) is 10.2 Å². The molecule has 0 spiro atoms. The van der Waals surface area contributed by atoms with Gasteiger partial charge in [0, 0.05) is 12.5 Å². The third-order valence-corrected chi connectivity index (χ3v) is 2.92. The molecule has 0 aliphatic carbocycles. The van der Waals surface area contributed by atoms with Crippen molar-refractivity contribution in [1.29, 1.82) is 0 Å². The van der Waals surface area contributed by atoms with Crippen molar-refractivity contribution in [2.75, 3.05) is 0 Å². The predicted molar refractivity (Wildman–Crippen MR) is 82.4 cm³/mol. The Kier molecular flexibility index (Phi) is 4.61. The quantitative estimate of drug-likeness (QED) is 0.496. The largest absolute Gasteiger partial charge is 0.510 e. The first-order valence-electron chi connectivity index (χ1n) is 6.56. The highest BCUT2D eigenvalue weighted by molar-refractivity contribution is 5.93. The summed E-state index contributed by atoms with van der Waals surface area (Å²) >= 11 is 0. The molecule has 106 valence electrons. The van der Waals surface area contributed by atoms with E-state index in [-0.39, 0.29) is 17.2 Å². The number of carbonyl (C=O) groups excluding carboxylic acids is 1. The maximum Gasteiger partial charge on any atom is 0.183 e. The van der Waals surface area contributed by atoms with Crippen molar-refractivity contribution in [1.82, 2.24) is 0 Å². The molecule has 0 saturated heterocycles. The molecule has 21 heavy (non-hydrogen) atoms. The summed E-state index contributed by atoms with van der Waals surface area (Å²) in [6, 6.07) is 17.3. The molecular weight excluding hydrogens is 264 g/mol. The fourth-order valence-corrected chi connectivity index (χ4v) is 1.92. The maximum atomic E-state index is 11.4. The van der Waals surface area contributed by atoms with Gasteiger partial charge in [0.05, 0.1) is 5.69 Å². The summed E-state index contributed by atoms with van der Waals surface area (Å²) in [6.07, 6.45) is 0. The Morgan fingerprint density at radius 3 is 2.19 bits per heavy atom. The van der Waals surface area contributed by atoms with E-state index in [1.165, 1.54) is 13.8 Å². The number of hydrogen-bond donors (Lipinski definition) is 1. The third kappa shape index (κ3) is 3.63. The van der Waals surface area contributed by atoms with Crippen LogP contribution in [0.2, 0.25) is 0 Å². The first-order chi connectivity index (χ1) is 10.1. The van der Waals surface area contributed by atoms with Crippen LogP contribution >= 0.6 is 0 Å². The van der Waals surface area contributed by atoms with Gasteiger partial charge in [0.1, 0.15) is 5.76 Å². The van der Waals surface area contributed by atoms with Gasteiger partial charge in [0.15, 0.2) is 11.5 Å².